The van der Waals surface area contributed by atoms with Gasteiger partial charge in [-0.3, -0.25) is 4.79 Å². The van der Waals surface area contributed by atoms with Crippen molar-refractivity contribution < 1.29 is 18.0 Å². The fourth-order valence-electron chi connectivity index (χ4n) is 1.64. The average Bonchev–Trinajstić information content (AvgIpc) is 2.45. The van der Waals surface area contributed by atoms with E-state index in [0.29, 0.717) is 0 Å². The van der Waals surface area contributed by atoms with E-state index in [1.165, 1.54) is 19.1 Å². The van der Waals surface area contributed by atoms with Gasteiger partial charge >= 0.3 is 0 Å². The first-order valence-corrected chi connectivity index (χ1v) is 7.50. The first kappa shape index (κ1) is 16.7. The van der Waals surface area contributed by atoms with E-state index in [1.807, 2.05) is 0 Å². The molecule has 0 saturated heterocycles. The lowest BCUT2D eigenvalue weighted by Gasteiger charge is -2.13. The molecule has 1 N–H and O–H groups in total. The van der Waals surface area contributed by atoms with Crippen LogP contribution in [-0.4, -0.2) is 11.2 Å². The number of nitrogens with one attached hydrogen (secondary N) is 1. The third-order valence-electron chi connectivity index (χ3n) is 2.76. The molecule has 0 saturated carbocycles. The number of hydrogen-bond acceptors (Lipinski definition) is 2. The molecular formula is C15H11ClF3NOS. The molecule has 0 spiro atoms. The van der Waals surface area contributed by atoms with Gasteiger partial charge in [0.1, 0.15) is 17.5 Å². The SMILES string of the molecule is C[C@H](Sc1cc(F)ccc1F)C(=O)Nc1ccc(Cl)cc1F. The third-order valence-corrected chi connectivity index (χ3v) is 4.12. The van der Waals surface area contributed by atoms with Crippen LogP contribution in [0.2, 0.25) is 5.02 Å². The highest BCUT2D eigenvalue weighted by molar-refractivity contribution is 8.00. The molecule has 0 aliphatic carbocycles. The Bertz CT molecular complexity index is 711. The molecule has 2 nitrogen and oxygen atoms in total. The van der Waals surface area contributed by atoms with Gasteiger partial charge in [-0.2, -0.15) is 0 Å². The number of halogens is 4. The molecule has 0 aliphatic rings. The molecule has 116 valence electrons. The van der Waals surface area contributed by atoms with Crippen molar-refractivity contribution in [1.29, 1.82) is 0 Å². The van der Waals surface area contributed by atoms with Gasteiger partial charge in [-0.1, -0.05) is 11.6 Å². The van der Waals surface area contributed by atoms with Crippen molar-refractivity contribution in [1.82, 2.24) is 0 Å². The first-order valence-electron chi connectivity index (χ1n) is 6.24. The molecule has 22 heavy (non-hydrogen) atoms. The normalized spacial score (nSPS) is 12.0. The first-order chi connectivity index (χ1) is 10.4. The summed E-state index contributed by atoms with van der Waals surface area (Å²) in [5.41, 5.74) is -0.0263. The van der Waals surface area contributed by atoms with Crippen LogP contribution < -0.4 is 5.32 Å². The second-order valence-corrected chi connectivity index (χ2v) is 6.27. The second-order valence-electron chi connectivity index (χ2n) is 4.45. The lowest BCUT2D eigenvalue weighted by Crippen LogP contribution is -2.23. The maximum Gasteiger partial charge on any atom is 0.237 e. The molecule has 2 aromatic rings. The Kier molecular flexibility index (Phi) is 5.37. The molecule has 2 rings (SSSR count). The molecule has 0 aromatic heterocycles. The Morgan fingerprint density at radius 1 is 1.14 bits per heavy atom. The minimum Gasteiger partial charge on any atom is -0.323 e. The number of thioether (sulfide) groups is 1. The zero-order valence-corrected chi connectivity index (χ0v) is 12.9. The molecule has 0 aliphatic heterocycles. The van der Waals surface area contributed by atoms with Gasteiger partial charge in [0.2, 0.25) is 5.91 Å². The Morgan fingerprint density at radius 3 is 2.55 bits per heavy atom. The van der Waals surface area contributed by atoms with Crippen molar-refractivity contribution >= 4 is 35.0 Å². The summed E-state index contributed by atoms with van der Waals surface area (Å²) in [6, 6.07) is 6.82. The number of amides is 1. The molecule has 0 fully saturated rings. The molecule has 0 unspecified atom stereocenters. The highest BCUT2D eigenvalue weighted by atomic mass is 35.5. The predicted octanol–water partition coefficient (Wildman–Crippen LogP) is 4.88. The van der Waals surface area contributed by atoms with Crippen molar-refractivity contribution in [3.8, 4) is 0 Å². The van der Waals surface area contributed by atoms with E-state index in [9.17, 15) is 18.0 Å². The van der Waals surface area contributed by atoms with Crippen LogP contribution in [0.15, 0.2) is 41.3 Å². The molecule has 0 bridgehead atoms. The maximum atomic E-state index is 13.6. The molecular weight excluding hydrogens is 335 g/mol. The van der Waals surface area contributed by atoms with Gasteiger partial charge in [-0.05, 0) is 43.3 Å². The van der Waals surface area contributed by atoms with E-state index in [2.05, 4.69) is 5.32 Å². The van der Waals surface area contributed by atoms with Crippen molar-refractivity contribution in [2.24, 2.45) is 0 Å². The lowest BCUT2D eigenvalue weighted by molar-refractivity contribution is -0.115. The van der Waals surface area contributed by atoms with Gasteiger partial charge in [-0.15, -0.1) is 11.8 Å². The van der Waals surface area contributed by atoms with Gasteiger partial charge in [0, 0.05) is 9.92 Å². The number of rotatable bonds is 4. The summed E-state index contributed by atoms with van der Waals surface area (Å²) in [4.78, 5) is 12.0. The smallest absolute Gasteiger partial charge is 0.237 e. The van der Waals surface area contributed by atoms with Crippen LogP contribution in [0.25, 0.3) is 0 Å². The zero-order chi connectivity index (χ0) is 16.3. The van der Waals surface area contributed by atoms with Crippen LogP contribution in [0.5, 0.6) is 0 Å². The molecule has 1 amide bonds. The van der Waals surface area contributed by atoms with Gasteiger partial charge < -0.3 is 5.32 Å². The largest absolute Gasteiger partial charge is 0.323 e. The van der Waals surface area contributed by atoms with Crippen LogP contribution in [0.1, 0.15) is 6.92 Å². The lowest BCUT2D eigenvalue weighted by atomic mass is 10.3. The molecule has 1 atom stereocenters. The van der Waals surface area contributed by atoms with Gasteiger partial charge in [-0.25, -0.2) is 13.2 Å². The standard InChI is InChI=1S/C15H11ClF3NOS/c1-8(22-14-7-10(17)3-4-11(14)18)15(21)20-13-5-2-9(16)6-12(13)19/h2-8H,1H3,(H,20,21)/t8-/m0/s1. The summed E-state index contributed by atoms with van der Waals surface area (Å²) in [5, 5.41) is 1.85. The van der Waals surface area contributed by atoms with Crippen molar-refractivity contribution in [3.63, 3.8) is 0 Å². The molecule has 2 aromatic carbocycles. The Labute approximate surface area is 134 Å². The molecule has 0 radical (unpaired) electrons. The quantitative estimate of drug-likeness (QED) is 0.800. The van der Waals surface area contributed by atoms with E-state index in [0.717, 1.165) is 36.0 Å². The summed E-state index contributed by atoms with van der Waals surface area (Å²) in [6.45, 7) is 1.51. The Balaban J connectivity index is 2.07. The summed E-state index contributed by atoms with van der Waals surface area (Å²) in [6.07, 6.45) is 0. The summed E-state index contributed by atoms with van der Waals surface area (Å²) >= 11 is 6.47. The molecule has 0 heterocycles. The second kappa shape index (κ2) is 7.07. The van der Waals surface area contributed by atoms with E-state index in [4.69, 9.17) is 11.6 Å². The minimum absolute atomic E-state index is 0.0132. The van der Waals surface area contributed by atoms with Crippen LogP contribution in [-0.2, 0) is 4.79 Å². The van der Waals surface area contributed by atoms with E-state index >= 15 is 0 Å². The Hall–Kier alpha value is -1.66. The topological polar surface area (TPSA) is 29.1 Å². The fourth-order valence-corrected chi connectivity index (χ4v) is 2.70. The fraction of sp³-hybridized carbons (Fsp3) is 0.133. The van der Waals surface area contributed by atoms with E-state index < -0.39 is 28.6 Å². The Morgan fingerprint density at radius 2 is 1.86 bits per heavy atom. The predicted molar refractivity (Wildman–Crippen MR) is 81.7 cm³/mol. The summed E-state index contributed by atoms with van der Waals surface area (Å²) in [7, 11) is 0. The van der Waals surface area contributed by atoms with Gasteiger partial charge in [0.25, 0.3) is 0 Å². The number of carbonyl (C=O) groups excluding carboxylic acids is 1. The molecule has 7 heteroatoms. The summed E-state index contributed by atoms with van der Waals surface area (Å²) in [5.74, 6) is -2.42. The number of carbonyl (C=O) groups is 1. The van der Waals surface area contributed by atoms with Crippen molar-refractivity contribution in [2.75, 3.05) is 5.32 Å². The average molecular weight is 346 g/mol. The highest BCUT2D eigenvalue weighted by Gasteiger charge is 2.18. The van der Waals surface area contributed by atoms with Gasteiger partial charge in [0.15, 0.2) is 0 Å². The summed E-state index contributed by atoms with van der Waals surface area (Å²) < 4.78 is 40.2. The van der Waals surface area contributed by atoms with E-state index in [1.54, 1.807) is 0 Å². The minimum atomic E-state index is -0.744. The van der Waals surface area contributed by atoms with Crippen LogP contribution in [0.4, 0.5) is 18.9 Å². The number of anilines is 1. The number of hydrogen-bond donors (Lipinski definition) is 1. The van der Waals surface area contributed by atoms with E-state index in [-0.39, 0.29) is 15.6 Å². The maximum absolute atomic E-state index is 13.6. The third kappa shape index (κ3) is 4.18. The van der Waals surface area contributed by atoms with Crippen LogP contribution in [0, 0.1) is 17.5 Å². The van der Waals surface area contributed by atoms with Crippen LogP contribution in [0.3, 0.4) is 0 Å². The van der Waals surface area contributed by atoms with Gasteiger partial charge in [0.05, 0.1) is 10.9 Å². The monoisotopic (exact) mass is 345 g/mol. The van der Waals surface area contributed by atoms with Crippen molar-refractivity contribution in [3.05, 3.63) is 58.9 Å². The highest BCUT2D eigenvalue weighted by Crippen LogP contribution is 2.28. The van der Waals surface area contributed by atoms with Crippen molar-refractivity contribution in [2.45, 2.75) is 17.1 Å². The number of benzene rings is 2. The zero-order valence-electron chi connectivity index (χ0n) is 11.4. The van der Waals surface area contributed by atoms with Crippen LogP contribution >= 0.6 is 23.4 Å².